The molecule has 0 unspecified atom stereocenters. The summed E-state index contributed by atoms with van der Waals surface area (Å²) in [7, 11) is 2.13. The number of rotatable bonds is 3. The highest BCUT2D eigenvalue weighted by molar-refractivity contribution is 5.70. The van der Waals surface area contributed by atoms with Gasteiger partial charge in [0.15, 0.2) is 0 Å². The topological polar surface area (TPSA) is 28.2 Å². The van der Waals surface area contributed by atoms with E-state index in [1.165, 1.54) is 11.1 Å². The average molecular weight is 203 g/mol. The fourth-order valence-electron chi connectivity index (χ4n) is 1.81. The van der Waals surface area contributed by atoms with Crippen LogP contribution in [0.1, 0.15) is 12.5 Å². The molecule has 3 nitrogen and oxygen atoms in total. The lowest BCUT2D eigenvalue weighted by Gasteiger charge is -2.09. The molecule has 3 heteroatoms. The Bertz CT molecular complexity index is 371. The van der Waals surface area contributed by atoms with E-state index in [1.54, 1.807) is 0 Å². The van der Waals surface area contributed by atoms with Gasteiger partial charge in [0.1, 0.15) is 0 Å². The van der Waals surface area contributed by atoms with Crippen molar-refractivity contribution in [3.8, 4) is 0 Å². The Morgan fingerprint density at radius 1 is 1.47 bits per heavy atom. The van der Waals surface area contributed by atoms with Crippen LogP contribution >= 0.6 is 0 Å². The average Bonchev–Trinajstić information content (AvgIpc) is 2.66. The fraction of sp³-hybridized carbons (Fsp3) is 0.417. The van der Waals surface area contributed by atoms with E-state index in [2.05, 4.69) is 41.3 Å². The summed E-state index contributed by atoms with van der Waals surface area (Å²) in [6.45, 7) is 5.09. The van der Waals surface area contributed by atoms with Crippen molar-refractivity contribution in [2.24, 2.45) is 0 Å². The lowest BCUT2D eigenvalue weighted by Crippen LogP contribution is -2.13. The zero-order valence-corrected chi connectivity index (χ0v) is 9.33. The molecular weight excluding hydrogens is 186 g/mol. The Morgan fingerprint density at radius 3 is 3.00 bits per heavy atom. The molecule has 0 aliphatic carbocycles. The number of nitrogens with zero attached hydrogens (tertiary/aromatic N) is 2. The zero-order valence-electron chi connectivity index (χ0n) is 9.33. The summed E-state index contributed by atoms with van der Waals surface area (Å²) >= 11 is 0. The highest BCUT2D eigenvalue weighted by Crippen LogP contribution is 2.21. The molecular formula is C12H17N3. The Morgan fingerprint density at radius 2 is 2.33 bits per heavy atom. The van der Waals surface area contributed by atoms with Gasteiger partial charge in [0, 0.05) is 32.0 Å². The van der Waals surface area contributed by atoms with E-state index in [0.717, 1.165) is 25.3 Å². The third-order valence-electron chi connectivity index (χ3n) is 2.58. The number of aromatic nitrogens is 1. The maximum Gasteiger partial charge on any atom is 0.0532 e. The van der Waals surface area contributed by atoms with Crippen molar-refractivity contribution in [3.05, 3.63) is 30.1 Å². The Labute approximate surface area is 90.8 Å². The highest BCUT2D eigenvalue weighted by atomic mass is 15.1. The molecule has 15 heavy (non-hydrogen) atoms. The van der Waals surface area contributed by atoms with Crippen LogP contribution in [0.15, 0.2) is 24.5 Å². The van der Waals surface area contributed by atoms with Gasteiger partial charge < -0.3 is 5.32 Å². The van der Waals surface area contributed by atoms with Gasteiger partial charge in [-0.3, -0.25) is 9.88 Å². The lowest BCUT2D eigenvalue weighted by atomic mass is 10.1. The van der Waals surface area contributed by atoms with Gasteiger partial charge in [-0.1, -0.05) is 6.08 Å². The Kier molecular flexibility index (Phi) is 3.02. The first-order chi connectivity index (χ1) is 7.29. The summed E-state index contributed by atoms with van der Waals surface area (Å²) in [5.74, 6) is 0. The second-order valence-corrected chi connectivity index (χ2v) is 3.92. The van der Waals surface area contributed by atoms with E-state index >= 15 is 0 Å². The van der Waals surface area contributed by atoms with Crippen LogP contribution in [0.2, 0.25) is 0 Å². The number of nitrogens with one attached hydrogen (secondary N) is 1. The molecule has 1 N–H and O–H groups in total. The molecule has 1 aliphatic heterocycles. The first-order valence-electron chi connectivity index (χ1n) is 5.36. The maximum absolute atomic E-state index is 4.25. The maximum atomic E-state index is 4.25. The van der Waals surface area contributed by atoms with Gasteiger partial charge in [-0.05, 0) is 31.2 Å². The van der Waals surface area contributed by atoms with Crippen LogP contribution < -0.4 is 5.32 Å². The third-order valence-corrected chi connectivity index (χ3v) is 2.58. The first kappa shape index (κ1) is 10.2. The van der Waals surface area contributed by atoms with Gasteiger partial charge in [-0.25, -0.2) is 0 Å². The van der Waals surface area contributed by atoms with E-state index < -0.39 is 0 Å². The largest absolute Gasteiger partial charge is 0.384 e. The van der Waals surface area contributed by atoms with Gasteiger partial charge >= 0.3 is 0 Å². The van der Waals surface area contributed by atoms with Crippen LogP contribution in [0.5, 0.6) is 0 Å². The second-order valence-electron chi connectivity index (χ2n) is 3.92. The molecule has 0 saturated heterocycles. The smallest absolute Gasteiger partial charge is 0.0532 e. The van der Waals surface area contributed by atoms with Crippen LogP contribution in [-0.4, -0.2) is 36.6 Å². The van der Waals surface area contributed by atoms with Crippen LogP contribution in [0.4, 0.5) is 5.69 Å². The van der Waals surface area contributed by atoms with Gasteiger partial charge in [-0.15, -0.1) is 0 Å². The standard InChI is InChI=1S/C12H17N3/c1-3-14-12-6-11(7-13-8-12)10-4-5-15(2)9-10/h4,6-8,14H,3,5,9H2,1-2H3. The monoisotopic (exact) mass is 203 g/mol. The van der Waals surface area contributed by atoms with Gasteiger partial charge in [0.05, 0.1) is 5.69 Å². The van der Waals surface area contributed by atoms with Crippen molar-refractivity contribution in [1.82, 2.24) is 9.88 Å². The molecule has 2 rings (SSSR count). The lowest BCUT2D eigenvalue weighted by molar-refractivity contribution is 0.438. The predicted octanol–water partition coefficient (Wildman–Crippen LogP) is 1.84. The Hall–Kier alpha value is -1.35. The normalized spacial score (nSPS) is 16.5. The van der Waals surface area contributed by atoms with E-state index in [9.17, 15) is 0 Å². The molecule has 1 aromatic heterocycles. The number of likely N-dealkylation sites (N-methyl/N-ethyl adjacent to an activating group) is 1. The molecule has 2 heterocycles. The molecule has 0 saturated carbocycles. The van der Waals surface area contributed by atoms with Crippen LogP contribution in [-0.2, 0) is 0 Å². The van der Waals surface area contributed by atoms with Crippen molar-refractivity contribution in [2.45, 2.75) is 6.92 Å². The number of anilines is 1. The molecule has 1 aliphatic rings. The van der Waals surface area contributed by atoms with Gasteiger partial charge in [0.25, 0.3) is 0 Å². The molecule has 0 bridgehead atoms. The van der Waals surface area contributed by atoms with Crippen molar-refractivity contribution in [3.63, 3.8) is 0 Å². The summed E-state index contributed by atoms with van der Waals surface area (Å²) in [5.41, 5.74) is 3.72. The zero-order chi connectivity index (χ0) is 10.7. The molecule has 80 valence electrons. The van der Waals surface area contributed by atoms with Crippen molar-refractivity contribution >= 4 is 11.3 Å². The minimum atomic E-state index is 0.935. The van der Waals surface area contributed by atoms with E-state index in [-0.39, 0.29) is 0 Å². The molecule has 0 atom stereocenters. The summed E-state index contributed by atoms with van der Waals surface area (Å²) in [4.78, 5) is 6.54. The number of pyridine rings is 1. The van der Waals surface area contributed by atoms with E-state index in [4.69, 9.17) is 0 Å². The quantitative estimate of drug-likeness (QED) is 0.812. The summed E-state index contributed by atoms with van der Waals surface area (Å²) < 4.78 is 0. The summed E-state index contributed by atoms with van der Waals surface area (Å²) in [6, 6.07) is 2.17. The van der Waals surface area contributed by atoms with Crippen molar-refractivity contribution < 1.29 is 0 Å². The number of hydrogen-bond donors (Lipinski definition) is 1. The number of hydrogen-bond acceptors (Lipinski definition) is 3. The third kappa shape index (κ3) is 2.36. The van der Waals surface area contributed by atoms with Crippen LogP contribution in [0.3, 0.4) is 0 Å². The Balaban J connectivity index is 2.18. The van der Waals surface area contributed by atoms with Crippen LogP contribution in [0.25, 0.3) is 5.57 Å². The minimum Gasteiger partial charge on any atom is -0.384 e. The molecule has 0 spiro atoms. The molecule has 0 aromatic carbocycles. The second kappa shape index (κ2) is 4.45. The minimum absolute atomic E-state index is 0.935. The highest BCUT2D eigenvalue weighted by Gasteiger charge is 2.11. The first-order valence-corrected chi connectivity index (χ1v) is 5.36. The van der Waals surface area contributed by atoms with E-state index in [0.29, 0.717) is 0 Å². The summed E-state index contributed by atoms with van der Waals surface area (Å²) in [6.07, 6.45) is 6.07. The molecule has 0 radical (unpaired) electrons. The van der Waals surface area contributed by atoms with E-state index in [1.807, 2.05) is 12.4 Å². The van der Waals surface area contributed by atoms with Gasteiger partial charge in [0.2, 0.25) is 0 Å². The molecule has 1 aromatic rings. The molecule has 0 fully saturated rings. The molecule has 0 amide bonds. The van der Waals surface area contributed by atoms with Gasteiger partial charge in [-0.2, -0.15) is 0 Å². The van der Waals surface area contributed by atoms with Crippen LogP contribution in [0, 0.1) is 0 Å². The summed E-state index contributed by atoms with van der Waals surface area (Å²) in [5, 5.41) is 3.28. The van der Waals surface area contributed by atoms with Crippen molar-refractivity contribution in [1.29, 1.82) is 0 Å². The SMILES string of the molecule is CCNc1cncc(C2=CCN(C)C2)c1. The van der Waals surface area contributed by atoms with Crippen molar-refractivity contribution in [2.75, 3.05) is 32.0 Å². The fourth-order valence-corrected chi connectivity index (χ4v) is 1.81. The predicted molar refractivity (Wildman–Crippen MR) is 63.9 cm³/mol.